The molecule has 0 saturated heterocycles. The minimum absolute atomic E-state index is 0.220. The van der Waals surface area contributed by atoms with Crippen LogP contribution in [0.5, 0.6) is 0 Å². The van der Waals surface area contributed by atoms with Crippen molar-refractivity contribution in [2.75, 3.05) is 23.4 Å². The molecule has 17 heavy (non-hydrogen) atoms. The zero-order chi connectivity index (χ0) is 12.3. The van der Waals surface area contributed by atoms with Gasteiger partial charge in [0.15, 0.2) is 5.82 Å². The molecule has 8 nitrogen and oxygen atoms in total. The summed E-state index contributed by atoms with van der Waals surface area (Å²) in [4.78, 5) is 8.07. The predicted octanol–water partition coefficient (Wildman–Crippen LogP) is -0.159. The number of aromatic nitrogens is 5. The van der Waals surface area contributed by atoms with Gasteiger partial charge < -0.3 is 20.9 Å². The molecule has 2 rings (SSSR count). The number of nitrogens with one attached hydrogen (secondary N) is 2. The van der Waals surface area contributed by atoms with Gasteiger partial charge in [0.25, 0.3) is 0 Å². The van der Waals surface area contributed by atoms with Crippen molar-refractivity contribution >= 4 is 17.6 Å². The van der Waals surface area contributed by atoms with E-state index in [0.29, 0.717) is 18.2 Å². The Bertz CT molecular complexity index is 505. The van der Waals surface area contributed by atoms with Crippen LogP contribution in [0.15, 0.2) is 12.4 Å². The third kappa shape index (κ3) is 2.60. The highest BCUT2D eigenvalue weighted by molar-refractivity contribution is 5.50. The Labute approximate surface area is 98.3 Å². The second-order valence-electron chi connectivity index (χ2n) is 3.46. The summed E-state index contributed by atoms with van der Waals surface area (Å²) in [5.74, 6) is 2.34. The molecule has 0 atom stereocenters. The van der Waals surface area contributed by atoms with Crippen molar-refractivity contribution in [1.29, 1.82) is 0 Å². The van der Waals surface area contributed by atoms with Crippen molar-refractivity contribution in [3.05, 3.63) is 18.2 Å². The van der Waals surface area contributed by atoms with E-state index in [2.05, 4.69) is 30.8 Å². The molecular formula is C9H14N8. The average molecular weight is 234 g/mol. The summed E-state index contributed by atoms with van der Waals surface area (Å²) >= 11 is 0. The van der Waals surface area contributed by atoms with Crippen LogP contribution in [0.4, 0.5) is 17.6 Å². The standard InChI is InChI=1S/C9H14N8/c1-11-6-3-7(15-9(10)14-6)12-4-8-16-13-5-17(8)2/h3,5H,4H2,1-2H3,(H4,10,11,12,14,15). The van der Waals surface area contributed by atoms with Crippen LogP contribution in [-0.2, 0) is 13.6 Å². The van der Waals surface area contributed by atoms with Crippen LogP contribution in [0.3, 0.4) is 0 Å². The highest BCUT2D eigenvalue weighted by atomic mass is 15.3. The fourth-order valence-corrected chi connectivity index (χ4v) is 1.32. The highest BCUT2D eigenvalue weighted by Crippen LogP contribution is 2.12. The van der Waals surface area contributed by atoms with Gasteiger partial charge in [-0.25, -0.2) is 0 Å². The lowest BCUT2D eigenvalue weighted by atomic mass is 10.5. The van der Waals surface area contributed by atoms with Crippen LogP contribution in [0, 0.1) is 0 Å². The Hall–Kier alpha value is -2.38. The normalized spacial score (nSPS) is 10.2. The monoisotopic (exact) mass is 234 g/mol. The van der Waals surface area contributed by atoms with Gasteiger partial charge in [-0.1, -0.05) is 0 Å². The van der Waals surface area contributed by atoms with Gasteiger partial charge in [0.2, 0.25) is 5.95 Å². The molecule has 0 aliphatic heterocycles. The Morgan fingerprint density at radius 2 is 2.12 bits per heavy atom. The molecule has 8 heteroatoms. The number of hydrogen-bond acceptors (Lipinski definition) is 7. The summed E-state index contributed by atoms with van der Waals surface area (Å²) in [6, 6.07) is 1.77. The molecule has 0 radical (unpaired) electrons. The molecule has 90 valence electrons. The molecule has 0 amide bonds. The van der Waals surface area contributed by atoms with Crippen LogP contribution in [0.1, 0.15) is 5.82 Å². The maximum atomic E-state index is 5.58. The molecule has 4 N–H and O–H groups in total. The van der Waals surface area contributed by atoms with Crippen molar-refractivity contribution in [2.45, 2.75) is 6.54 Å². The fraction of sp³-hybridized carbons (Fsp3) is 0.333. The van der Waals surface area contributed by atoms with Gasteiger partial charge in [-0.05, 0) is 0 Å². The molecule has 0 aromatic carbocycles. The van der Waals surface area contributed by atoms with Crippen molar-refractivity contribution in [1.82, 2.24) is 24.7 Å². The number of anilines is 3. The molecule has 0 fully saturated rings. The second kappa shape index (κ2) is 4.64. The van der Waals surface area contributed by atoms with Crippen LogP contribution in [-0.4, -0.2) is 31.8 Å². The first kappa shape index (κ1) is 11.1. The van der Waals surface area contributed by atoms with E-state index in [-0.39, 0.29) is 5.95 Å². The van der Waals surface area contributed by atoms with Gasteiger partial charge >= 0.3 is 0 Å². The number of rotatable bonds is 4. The Morgan fingerprint density at radius 1 is 1.35 bits per heavy atom. The Kier molecular flexibility index (Phi) is 3.03. The van der Waals surface area contributed by atoms with E-state index in [1.807, 2.05) is 11.6 Å². The van der Waals surface area contributed by atoms with Gasteiger partial charge in [-0.2, -0.15) is 9.97 Å². The summed E-state index contributed by atoms with van der Waals surface area (Å²) in [7, 11) is 3.65. The first-order valence-corrected chi connectivity index (χ1v) is 5.08. The predicted molar refractivity (Wildman–Crippen MR) is 64.3 cm³/mol. The highest BCUT2D eigenvalue weighted by Gasteiger charge is 2.03. The lowest BCUT2D eigenvalue weighted by Crippen LogP contribution is -2.09. The minimum atomic E-state index is 0.220. The topological polar surface area (TPSA) is 107 Å². The number of nitrogen functional groups attached to an aromatic ring is 1. The first-order chi connectivity index (χ1) is 8.19. The number of aryl methyl sites for hydroxylation is 1. The van der Waals surface area contributed by atoms with Gasteiger partial charge in [-0.15, -0.1) is 10.2 Å². The molecule has 0 aliphatic carbocycles. The smallest absolute Gasteiger partial charge is 0.223 e. The van der Waals surface area contributed by atoms with Crippen molar-refractivity contribution < 1.29 is 0 Å². The lowest BCUT2D eigenvalue weighted by Gasteiger charge is -2.07. The van der Waals surface area contributed by atoms with Gasteiger partial charge in [0, 0.05) is 20.2 Å². The molecule has 0 saturated carbocycles. The summed E-state index contributed by atoms with van der Waals surface area (Å²) in [6.07, 6.45) is 1.64. The first-order valence-electron chi connectivity index (χ1n) is 5.08. The Balaban J connectivity index is 2.09. The molecule has 0 bridgehead atoms. The average Bonchev–Trinajstić information content (AvgIpc) is 2.71. The minimum Gasteiger partial charge on any atom is -0.373 e. The third-order valence-electron chi connectivity index (χ3n) is 2.23. The van der Waals surface area contributed by atoms with Crippen molar-refractivity contribution in [3.63, 3.8) is 0 Å². The maximum absolute atomic E-state index is 5.58. The zero-order valence-electron chi connectivity index (χ0n) is 9.68. The van der Waals surface area contributed by atoms with Crippen LogP contribution in [0.25, 0.3) is 0 Å². The lowest BCUT2D eigenvalue weighted by molar-refractivity contribution is 0.810. The summed E-state index contributed by atoms with van der Waals surface area (Å²) in [5, 5.41) is 13.8. The van der Waals surface area contributed by atoms with E-state index in [4.69, 9.17) is 5.73 Å². The van der Waals surface area contributed by atoms with Gasteiger partial charge in [-0.3, -0.25) is 0 Å². The van der Waals surface area contributed by atoms with E-state index in [1.165, 1.54) is 0 Å². The van der Waals surface area contributed by atoms with E-state index in [9.17, 15) is 0 Å². The molecule has 0 unspecified atom stereocenters. The van der Waals surface area contributed by atoms with Crippen LogP contribution < -0.4 is 16.4 Å². The van der Waals surface area contributed by atoms with Crippen molar-refractivity contribution in [2.24, 2.45) is 7.05 Å². The van der Waals surface area contributed by atoms with Crippen molar-refractivity contribution in [3.8, 4) is 0 Å². The van der Waals surface area contributed by atoms with Crippen LogP contribution >= 0.6 is 0 Å². The van der Waals surface area contributed by atoms with E-state index in [1.54, 1.807) is 19.4 Å². The molecular weight excluding hydrogens is 220 g/mol. The summed E-state index contributed by atoms with van der Waals surface area (Å²) < 4.78 is 1.83. The summed E-state index contributed by atoms with van der Waals surface area (Å²) in [6.45, 7) is 0.524. The Morgan fingerprint density at radius 3 is 2.76 bits per heavy atom. The van der Waals surface area contributed by atoms with E-state index >= 15 is 0 Å². The molecule has 2 aromatic heterocycles. The number of nitrogens with zero attached hydrogens (tertiary/aromatic N) is 5. The quantitative estimate of drug-likeness (QED) is 0.674. The zero-order valence-corrected chi connectivity index (χ0v) is 9.68. The molecule has 2 heterocycles. The van der Waals surface area contributed by atoms with E-state index in [0.717, 1.165) is 5.82 Å². The largest absolute Gasteiger partial charge is 0.373 e. The second-order valence-corrected chi connectivity index (χ2v) is 3.46. The molecule has 0 aliphatic rings. The molecule has 0 spiro atoms. The number of nitrogens with two attached hydrogens (primary N) is 1. The summed E-state index contributed by atoms with van der Waals surface area (Å²) in [5.41, 5.74) is 5.58. The fourth-order valence-electron chi connectivity index (χ4n) is 1.32. The van der Waals surface area contributed by atoms with Gasteiger partial charge in [0.05, 0.1) is 6.54 Å². The van der Waals surface area contributed by atoms with Crippen LogP contribution in [0.2, 0.25) is 0 Å². The molecule has 2 aromatic rings. The SMILES string of the molecule is CNc1cc(NCc2nncn2C)nc(N)n1. The third-order valence-corrected chi connectivity index (χ3v) is 2.23. The number of hydrogen-bond donors (Lipinski definition) is 3. The van der Waals surface area contributed by atoms with E-state index < -0.39 is 0 Å². The maximum Gasteiger partial charge on any atom is 0.223 e. The van der Waals surface area contributed by atoms with Gasteiger partial charge in [0.1, 0.15) is 18.0 Å².